The van der Waals surface area contributed by atoms with Crippen molar-refractivity contribution in [1.29, 1.82) is 0 Å². The van der Waals surface area contributed by atoms with Crippen LogP contribution < -0.4 is 0 Å². The van der Waals surface area contributed by atoms with Gasteiger partial charge in [-0.1, -0.05) is 17.2 Å². The molecule has 1 aliphatic heterocycles. The minimum atomic E-state index is 0.214. The highest BCUT2D eigenvalue weighted by molar-refractivity contribution is 5.05. The summed E-state index contributed by atoms with van der Waals surface area (Å²) in [5, 5.41) is 16.9. The smallest absolute Gasteiger partial charge is 0.122 e. The second-order valence-electron chi connectivity index (χ2n) is 4.28. The van der Waals surface area contributed by atoms with Gasteiger partial charge in [0.05, 0.1) is 6.61 Å². The molecule has 0 aliphatic carbocycles. The number of aliphatic hydroxyl groups excluding tert-OH is 1. The van der Waals surface area contributed by atoms with E-state index in [0.29, 0.717) is 5.92 Å². The Kier molecular flexibility index (Phi) is 3.02. The van der Waals surface area contributed by atoms with Gasteiger partial charge in [-0.05, 0) is 25.8 Å². The molecule has 0 amide bonds. The molecular weight excluding hydrogens is 194 g/mol. The van der Waals surface area contributed by atoms with Crippen LogP contribution in [0.5, 0.6) is 0 Å². The van der Waals surface area contributed by atoms with E-state index in [-0.39, 0.29) is 12.6 Å². The van der Waals surface area contributed by atoms with Crippen LogP contribution in [0.15, 0.2) is 4.63 Å². The average molecular weight is 211 g/mol. The number of aryl methyl sites for hydroxylation is 1. The van der Waals surface area contributed by atoms with Gasteiger partial charge in [-0.15, -0.1) is 0 Å². The van der Waals surface area contributed by atoms with Gasteiger partial charge < -0.3 is 5.11 Å². The Labute approximate surface area is 89.0 Å². The summed E-state index contributed by atoms with van der Waals surface area (Å²) in [4.78, 5) is 2.25. The van der Waals surface area contributed by atoms with E-state index in [4.69, 9.17) is 0 Å². The van der Waals surface area contributed by atoms with Crippen molar-refractivity contribution < 1.29 is 9.74 Å². The lowest BCUT2D eigenvalue weighted by Crippen LogP contribution is -2.34. The molecule has 0 aromatic carbocycles. The first-order valence-electron chi connectivity index (χ1n) is 5.35. The summed E-state index contributed by atoms with van der Waals surface area (Å²) in [6, 6.07) is 0.251. The van der Waals surface area contributed by atoms with Gasteiger partial charge in [0.2, 0.25) is 0 Å². The maximum atomic E-state index is 9.30. The Balaban J connectivity index is 2.03. The van der Waals surface area contributed by atoms with E-state index in [2.05, 4.69) is 26.8 Å². The van der Waals surface area contributed by atoms with E-state index >= 15 is 0 Å². The van der Waals surface area contributed by atoms with Gasteiger partial charge in [0.25, 0.3) is 0 Å². The normalized spacial score (nSPS) is 27.4. The summed E-state index contributed by atoms with van der Waals surface area (Å²) < 4.78 is 4.66. The predicted octanol–water partition coefficient (Wildman–Crippen LogP) is 0.581. The van der Waals surface area contributed by atoms with Crippen molar-refractivity contribution in [2.75, 3.05) is 13.2 Å². The van der Waals surface area contributed by atoms with Crippen LogP contribution in [0.3, 0.4) is 0 Å². The number of hydrogen-bond acceptors (Lipinski definition) is 5. The van der Waals surface area contributed by atoms with Gasteiger partial charge in [-0.3, -0.25) is 4.90 Å². The van der Waals surface area contributed by atoms with Gasteiger partial charge in [0.1, 0.15) is 11.4 Å². The van der Waals surface area contributed by atoms with Crippen molar-refractivity contribution in [3.8, 4) is 0 Å². The number of nitrogens with zero attached hydrogens (tertiary/aromatic N) is 3. The predicted molar refractivity (Wildman–Crippen MR) is 54.1 cm³/mol. The fourth-order valence-corrected chi connectivity index (χ4v) is 2.16. The Morgan fingerprint density at radius 3 is 2.93 bits per heavy atom. The van der Waals surface area contributed by atoms with Crippen molar-refractivity contribution in [3.05, 3.63) is 11.4 Å². The largest absolute Gasteiger partial charge is 0.395 e. The maximum absolute atomic E-state index is 9.30. The SMILES string of the molecule is Cc1nonc1CN1CCC(C)C1CO. The molecule has 2 heterocycles. The van der Waals surface area contributed by atoms with Crippen LogP contribution in [0.4, 0.5) is 0 Å². The molecule has 5 nitrogen and oxygen atoms in total. The topological polar surface area (TPSA) is 62.4 Å². The van der Waals surface area contributed by atoms with Crippen molar-refractivity contribution in [3.63, 3.8) is 0 Å². The standard InChI is InChI=1S/C10H17N3O2/c1-7-3-4-13(10(7)6-14)5-9-8(2)11-15-12-9/h7,10,14H,3-6H2,1-2H3. The van der Waals surface area contributed by atoms with Gasteiger partial charge >= 0.3 is 0 Å². The molecule has 2 atom stereocenters. The Hall–Kier alpha value is -0.940. The summed E-state index contributed by atoms with van der Waals surface area (Å²) in [6.07, 6.45) is 1.13. The third-order valence-corrected chi connectivity index (χ3v) is 3.28. The first-order valence-corrected chi connectivity index (χ1v) is 5.35. The minimum Gasteiger partial charge on any atom is -0.395 e. The molecule has 1 aromatic rings. The molecule has 15 heavy (non-hydrogen) atoms. The molecule has 5 heteroatoms. The van der Waals surface area contributed by atoms with Crippen LogP contribution >= 0.6 is 0 Å². The van der Waals surface area contributed by atoms with Gasteiger partial charge in [-0.25, -0.2) is 4.63 Å². The van der Waals surface area contributed by atoms with Crippen molar-refractivity contribution >= 4 is 0 Å². The highest BCUT2D eigenvalue weighted by atomic mass is 16.6. The molecule has 0 spiro atoms. The monoisotopic (exact) mass is 211 g/mol. The van der Waals surface area contributed by atoms with Crippen LogP contribution in [-0.2, 0) is 6.54 Å². The van der Waals surface area contributed by atoms with E-state index in [1.54, 1.807) is 0 Å². The fourth-order valence-electron chi connectivity index (χ4n) is 2.16. The number of hydrogen-bond donors (Lipinski definition) is 1. The summed E-state index contributed by atoms with van der Waals surface area (Å²) >= 11 is 0. The zero-order chi connectivity index (χ0) is 10.8. The summed E-state index contributed by atoms with van der Waals surface area (Å²) in [7, 11) is 0. The maximum Gasteiger partial charge on any atom is 0.122 e. The van der Waals surface area contributed by atoms with E-state index < -0.39 is 0 Å². The van der Waals surface area contributed by atoms with Gasteiger partial charge in [0.15, 0.2) is 0 Å². The second-order valence-corrected chi connectivity index (χ2v) is 4.28. The highest BCUT2D eigenvalue weighted by Gasteiger charge is 2.31. The number of rotatable bonds is 3. The third kappa shape index (κ3) is 2.03. The summed E-state index contributed by atoms with van der Waals surface area (Å²) in [5.41, 5.74) is 1.72. The summed E-state index contributed by atoms with van der Waals surface area (Å²) in [6.45, 7) is 6.02. The number of likely N-dealkylation sites (tertiary alicyclic amines) is 1. The van der Waals surface area contributed by atoms with Crippen LogP contribution in [0.25, 0.3) is 0 Å². The van der Waals surface area contributed by atoms with Crippen molar-refractivity contribution in [1.82, 2.24) is 15.2 Å². The molecular formula is C10H17N3O2. The molecule has 0 bridgehead atoms. The van der Waals surface area contributed by atoms with Crippen LogP contribution in [-0.4, -0.2) is 39.5 Å². The van der Waals surface area contributed by atoms with E-state index in [0.717, 1.165) is 30.9 Å². The van der Waals surface area contributed by atoms with Crippen LogP contribution in [0.2, 0.25) is 0 Å². The van der Waals surface area contributed by atoms with E-state index in [1.807, 2.05) is 6.92 Å². The Morgan fingerprint density at radius 2 is 2.33 bits per heavy atom. The minimum absolute atomic E-state index is 0.214. The fraction of sp³-hybridized carbons (Fsp3) is 0.800. The molecule has 1 N–H and O–H groups in total. The molecule has 1 saturated heterocycles. The Bertz CT molecular complexity index is 326. The lowest BCUT2D eigenvalue weighted by atomic mass is 10.0. The quantitative estimate of drug-likeness (QED) is 0.792. The zero-order valence-electron chi connectivity index (χ0n) is 9.18. The summed E-state index contributed by atoms with van der Waals surface area (Å²) in [5.74, 6) is 0.551. The molecule has 0 saturated carbocycles. The van der Waals surface area contributed by atoms with E-state index in [9.17, 15) is 5.11 Å². The molecule has 2 rings (SSSR count). The lowest BCUT2D eigenvalue weighted by Gasteiger charge is -2.23. The van der Waals surface area contributed by atoms with E-state index in [1.165, 1.54) is 0 Å². The molecule has 84 valence electrons. The first kappa shape index (κ1) is 10.6. The zero-order valence-corrected chi connectivity index (χ0v) is 9.18. The molecule has 2 unspecified atom stereocenters. The van der Waals surface area contributed by atoms with Crippen LogP contribution in [0.1, 0.15) is 24.7 Å². The van der Waals surface area contributed by atoms with Crippen molar-refractivity contribution in [2.45, 2.75) is 32.9 Å². The third-order valence-electron chi connectivity index (χ3n) is 3.28. The average Bonchev–Trinajstić information content (AvgIpc) is 2.76. The first-order chi connectivity index (χ1) is 7.22. The number of aliphatic hydroxyl groups is 1. The van der Waals surface area contributed by atoms with Gasteiger partial charge in [-0.2, -0.15) is 0 Å². The number of aromatic nitrogens is 2. The van der Waals surface area contributed by atoms with Crippen LogP contribution in [0, 0.1) is 12.8 Å². The Morgan fingerprint density at radius 1 is 1.53 bits per heavy atom. The van der Waals surface area contributed by atoms with Crippen molar-refractivity contribution in [2.24, 2.45) is 5.92 Å². The lowest BCUT2D eigenvalue weighted by molar-refractivity contribution is 0.131. The second kappa shape index (κ2) is 4.28. The molecule has 0 radical (unpaired) electrons. The molecule has 1 fully saturated rings. The molecule has 1 aromatic heterocycles. The molecule has 1 aliphatic rings. The highest BCUT2D eigenvalue weighted by Crippen LogP contribution is 2.25. The van der Waals surface area contributed by atoms with Gasteiger partial charge in [0, 0.05) is 12.6 Å².